The maximum absolute atomic E-state index is 12.3. The van der Waals surface area contributed by atoms with Crippen molar-refractivity contribution in [1.29, 1.82) is 0 Å². The van der Waals surface area contributed by atoms with E-state index in [4.69, 9.17) is 0 Å². The van der Waals surface area contributed by atoms with E-state index in [2.05, 4.69) is 33.9 Å². The molecule has 0 aliphatic rings. The van der Waals surface area contributed by atoms with Crippen LogP contribution >= 0.6 is 28.6 Å². The smallest absolute Gasteiger partial charge is 0.256 e. The summed E-state index contributed by atoms with van der Waals surface area (Å²) < 4.78 is 1.04. The summed E-state index contributed by atoms with van der Waals surface area (Å²) in [6, 6.07) is 19.1. The van der Waals surface area contributed by atoms with E-state index in [1.54, 1.807) is 12.1 Å². The Morgan fingerprint density at radius 1 is 0.952 bits per heavy atom. The zero-order valence-corrected chi connectivity index (χ0v) is 13.5. The number of amides is 1. The van der Waals surface area contributed by atoms with Crippen molar-refractivity contribution >= 4 is 50.9 Å². The first kappa shape index (κ1) is 14.2. The van der Waals surface area contributed by atoms with Gasteiger partial charge >= 0.3 is 0 Å². The molecule has 0 fully saturated rings. The first-order chi connectivity index (χ1) is 10.1. The van der Waals surface area contributed by atoms with Gasteiger partial charge in [0.15, 0.2) is 0 Å². The molecule has 2 nitrogen and oxygen atoms in total. The molecule has 0 bridgehead atoms. The predicted molar refractivity (Wildman–Crippen MR) is 93.3 cm³/mol. The molecule has 3 aromatic carbocycles. The van der Waals surface area contributed by atoms with Crippen LogP contribution in [-0.4, -0.2) is 5.91 Å². The third-order valence-electron chi connectivity index (χ3n) is 3.21. The average Bonchev–Trinajstić information content (AvgIpc) is 2.48. The second kappa shape index (κ2) is 5.92. The van der Waals surface area contributed by atoms with Gasteiger partial charge in [0.05, 0.1) is 5.56 Å². The minimum absolute atomic E-state index is 0.155. The Morgan fingerprint density at radius 2 is 1.67 bits per heavy atom. The number of fused-ring (bicyclic) bond motifs is 1. The highest BCUT2D eigenvalue weighted by molar-refractivity contribution is 9.10. The quantitative estimate of drug-likeness (QED) is 0.610. The van der Waals surface area contributed by atoms with E-state index in [0.717, 1.165) is 20.9 Å². The average molecular weight is 358 g/mol. The normalized spacial score (nSPS) is 10.6. The Hall–Kier alpha value is -1.78. The second-order valence-electron chi connectivity index (χ2n) is 4.68. The molecule has 0 aromatic heterocycles. The van der Waals surface area contributed by atoms with Crippen LogP contribution in [0.4, 0.5) is 5.69 Å². The summed E-state index contributed by atoms with van der Waals surface area (Å²) in [5.41, 5.74) is 1.34. The van der Waals surface area contributed by atoms with E-state index in [-0.39, 0.29) is 5.91 Å². The number of carbonyl (C=O) groups excluding carboxylic acids is 1. The van der Waals surface area contributed by atoms with Gasteiger partial charge in [0.1, 0.15) is 0 Å². The van der Waals surface area contributed by atoms with Crippen LogP contribution in [-0.2, 0) is 0 Å². The number of hydrogen-bond donors (Lipinski definition) is 2. The maximum Gasteiger partial charge on any atom is 0.256 e. The SMILES string of the molecule is O=C(Nc1ccc2cc(Br)ccc2c1)c1ccccc1S. The molecule has 0 saturated carbocycles. The van der Waals surface area contributed by atoms with Crippen molar-refractivity contribution in [2.75, 3.05) is 5.32 Å². The van der Waals surface area contributed by atoms with Crippen LogP contribution in [0.15, 0.2) is 70.0 Å². The summed E-state index contributed by atoms with van der Waals surface area (Å²) in [5, 5.41) is 5.11. The maximum atomic E-state index is 12.3. The van der Waals surface area contributed by atoms with Crippen molar-refractivity contribution < 1.29 is 4.79 Å². The zero-order valence-electron chi connectivity index (χ0n) is 11.0. The van der Waals surface area contributed by atoms with Crippen LogP contribution in [0.25, 0.3) is 10.8 Å². The lowest BCUT2D eigenvalue weighted by Crippen LogP contribution is -2.12. The predicted octanol–water partition coefficient (Wildman–Crippen LogP) is 5.14. The van der Waals surface area contributed by atoms with Gasteiger partial charge in [-0.1, -0.05) is 40.2 Å². The molecule has 0 aliphatic heterocycles. The number of halogens is 1. The number of thiol groups is 1. The van der Waals surface area contributed by atoms with Gasteiger partial charge in [0.2, 0.25) is 0 Å². The first-order valence-corrected chi connectivity index (χ1v) is 7.66. The van der Waals surface area contributed by atoms with E-state index in [9.17, 15) is 4.79 Å². The number of benzene rings is 3. The van der Waals surface area contributed by atoms with Crippen LogP contribution < -0.4 is 5.32 Å². The number of hydrogen-bond acceptors (Lipinski definition) is 2. The van der Waals surface area contributed by atoms with Gasteiger partial charge in [0.25, 0.3) is 5.91 Å². The van der Waals surface area contributed by atoms with Gasteiger partial charge < -0.3 is 5.32 Å². The molecule has 3 aromatic rings. The molecule has 0 saturated heterocycles. The van der Waals surface area contributed by atoms with E-state index in [1.807, 2.05) is 48.5 Å². The fourth-order valence-electron chi connectivity index (χ4n) is 2.16. The molecule has 0 atom stereocenters. The molecular weight excluding hydrogens is 346 g/mol. The van der Waals surface area contributed by atoms with Gasteiger partial charge in [-0.25, -0.2) is 0 Å². The third kappa shape index (κ3) is 3.12. The Kier molecular flexibility index (Phi) is 3.99. The van der Waals surface area contributed by atoms with Crippen LogP contribution in [0.3, 0.4) is 0 Å². The van der Waals surface area contributed by atoms with Crippen molar-refractivity contribution in [3.05, 3.63) is 70.7 Å². The second-order valence-corrected chi connectivity index (χ2v) is 6.08. The van der Waals surface area contributed by atoms with Crippen LogP contribution in [0.5, 0.6) is 0 Å². The Labute approximate surface area is 136 Å². The summed E-state index contributed by atoms with van der Waals surface area (Å²) in [6.07, 6.45) is 0. The first-order valence-electron chi connectivity index (χ1n) is 6.42. The molecule has 0 aliphatic carbocycles. The molecule has 104 valence electrons. The van der Waals surface area contributed by atoms with E-state index in [0.29, 0.717) is 10.5 Å². The molecule has 0 radical (unpaired) electrons. The summed E-state index contributed by atoms with van der Waals surface area (Å²) in [5.74, 6) is -0.155. The Bertz CT molecular complexity index is 832. The van der Waals surface area contributed by atoms with Gasteiger partial charge in [-0.3, -0.25) is 4.79 Å². The third-order valence-corrected chi connectivity index (χ3v) is 4.09. The van der Waals surface area contributed by atoms with Gasteiger partial charge in [-0.2, -0.15) is 0 Å². The van der Waals surface area contributed by atoms with Crippen molar-refractivity contribution in [2.45, 2.75) is 4.90 Å². The molecule has 1 N–H and O–H groups in total. The molecule has 0 spiro atoms. The lowest BCUT2D eigenvalue weighted by Gasteiger charge is -2.08. The summed E-state index contributed by atoms with van der Waals surface area (Å²) in [7, 11) is 0. The van der Waals surface area contributed by atoms with E-state index < -0.39 is 0 Å². The standard InChI is InChI=1S/C17H12BrNOS/c18-13-7-5-12-10-14(8-6-11(12)9-13)19-17(20)15-3-1-2-4-16(15)21/h1-10,21H,(H,19,20). The lowest BCUT2D eigenvalue weighted by molar-refractivity contribution is 0.102. The number of rotatable bonds is 2. The van der Waals surface area contributed by atoms with Crippen molar-refractivity contribution in [3.8, 4) is 0 Å². The Balaban J connectivity index is 1.90. The van der Waals surface area contributed by atoms with Gasteiger partial charge in [-0.05, 0) is 47.2 Å². The number of nitrogens with one attached hydrogen (secondary N) is 1. The van der Waals surface area contributed by atoms with Crippen LogP contribution in [0, 0.1) is 0 Å². The molecule has 21 heavy (non-hydrogen) atoms. The summed E-state index contributed by atoms with van der Waals surface area (Å²) >= 11 is 7.76. The monoisotopic (exact) mass is 357 g/mol. The minimum Gasteiger partial charge on any atom is -0.322 e. The summed E-state index contributed by atoms with van der Waals surface area (Å²) in [6.45, 7) is 0. The fraction of sp³-hybridized carbons (Fsp3) is 0. The van der Waals surface area contributed by atoms with Crippen molar-refractivity contribution in [1.82, 2.24) is 0 Å². The minimum atomic E-state index is -0.155. The molecule has 1 amide bonds. The topological polar surface area (TPSA) is 29.1 Å². The zero-order chi connectivity index (χ0) is 14.8. The van der Waals surface area contributed by atoms with E-state index >= 15 is 0 Å². The molecule has 4 heteroatoms. The van der Waals surface area contributed by atoms with Crippen molar-refractivity contribution in [2.24, 2.45) is 0 Å². The fourth-order valence-corrected chi connectivity index (χ4v) is 2.80. The van der Waals surface area contributed by atoms with Crippen LogP contribution in [0.1, 0.15) is 10.4 Å². The molecule has 0 heterocycles. The van der Waals surface area contributed by atoms with E-state index in [1.165, 1.54) is 0 Å². The largest absolute Gasteiger partial charge is 0.322 e. The highest BCUT2D eigenvalue weighted by atomic mass is 79.9. The molecular formula is C17H12BrNOS. The van der Waals surface area contributed by atoms with Gasteiger partial charge in [-0.15, -0.1) is 12.6 Å². The Morgan fingerprint density at radius 3 is 2.48 bits per heavy atom. The van der Waals surface area contributed by atoms with Crippen molar-refractivity contribution in [3.63, 3.8) is 0 Å². The molecule has 0 unspecified atom stereocenters. The molecule has 3 rings (SSSR count). The lowest BCUT2D eigenvalue weighted by atomic mass is 10.1. The highest BCUT2D eigenvalue weighted by Gasteiger charge is 2.09. The highest BCUT2D eigenvalue weighted by Crippen LogP contribution is 2.23. The van der Waals surface area contributed by atoms with Crippen LogP contribution in [0.2, 0.25) is 0 Å². The number of anilines is 1. The summed E-state index contributed by atoms with van der Waals surface area (Å²) in [4.78, 5) is 12.9. The van der Waals surface area contributed by atoms with Gasteiger partial charge in [0, 0.05) is 15.1 Å². The number of carbonyl (C=O) groups is 1.